The van der Waals surface area contributed by atoms with Crippen LogP contribution in [0, 0.1) is 11.6 Å². The Labute approximate surface area is 151 Å². The van der Waals surface area contributed by atoms with Crippen LogP contribution in [-0.2, 0) is 20.9 Å². The summed E-state index contributed by atoms with van der Waals surface area (Å²) < 4.78 is 31.8. The highest BCUT2D eigenvalue weighted by Gasteiger charge is 2.31. The van der Waals surface area contributed by atoms with Crippen LogP contribution in [0.3, 0.4) is 0 Å². The lowest BCUT2D eigenvalue weighted by Gasteiger charge is -2.34. The third-order valence-corrected chi connectivity index (χ3v) is 4.07. The van der Waals surface area contributed by atoms with Gasteiger partial charge in [-0.3, -0.25) is 14.5 Å². The largest absolute Gasteiger partial charge is 0.377 e. The van der Waals surface area contributed by atoms with Crippen molar-refractivity contribution in [3.05, 3.63) is 35.4 Å². The van der Waals surface area contributed by atoms with E-state index in [1.807, 2.05) is 13.8 Å². The minimum atomic E-state index is -0.927. The molecule has 0 aliphatic carbocycles. The van der Waals surface area contributed by atoms with Crippen LogP contribution < -0.4 is 10.6 Å². The molecule has 1 saturated heterocycles. The number of hydrogen-bond donors (Lipinski definition) is 2. The first-order valence-electron chi connectivity index (χ1n) is 8.71. The quantitative estimate of drug-likeness (QED) is 0.676. The van der Waals surface area contributed by atoms with Crippen molar-refractivity contribution in [1.29, 1.82) is 0 Å². The summed E-state index contributed by atoms with van der Waals surface area (Å²) in [6.07, 6.45) is 0.0830. The Kier molecular flexibility index (Phi) is 7.47. The van der Waals surface area contributed by atoms with Gasteiger partial charge in [0.2, 0.25) is 11.8 Å². The summed E-state index contributed by atoms with van der Waals surface area (Å²) in [5.74, 6) is -2.34. The molecule has 0 radical (unpaired) electrons. The highest BCUT2D eigenvalue weighted by molar-refractivity contribution is 5.88. The molecule has 26 heavy (non-hydrogen) atoms. The van der Waals surface area contributed by atoms with Crippen LogP contribution in [-0.4, -0.2) is 55.1 Å². The van der Waals surface area contributed by atoms with Crippen LogP contribution >= 0.6 is 0 Å². The van der Waals surface area contributed by atoms with Crippen molar-refractivity contribution in [2.24, 2.45) is 0 Å². The molecule has 0 aromatic heterocycles. The summed E-state index contributed by atoms with van der Waals surface area (Å²) in [6.45, 7) is 5.82. The summed E-state index contributed by atoms with van der Waals surface area (Å²) in [7, 11) is 0. The third-order valence-electron chi connectivity index (χ3n) is 4.07. The molecule has 1 aromatic carbocycles. The predicted molar refractivity (Wildman–Crippen MR) is 92.3 cm³/mol. The number of amides is 2. The Hall–Kier alpha value is -2.06. The second-order valence-electron chi connectivity index (χ2n) is 6.50. The molecule has 6 nitrogen and oxygen atoms in total. The van der Waals surface area contributed by atoms with Crippen LogP contribution in [0.2, 0.25) is 0 Å². The minimum Gasteiger partial charge on any atom is -0.377 e. The first-order valence-corrected chi connectivity index (χ1v) is 8.71. The molecule has 1 atom stereocenters. The number of nitrogens with one attached hydrogen (secondary N) is 2. The van der Waals surface area contributed by atoms with E-state index in [1.165, 1.54) is 6.07 Å². The van der Waals surface area contributed by atoms with E-state index >= 15 is 0 Å². The lowest BCUT2D eigenvalue weighted by molar-refractivity contribution is -0.134. The predicted octanol–water partition coefficient (Wildman–Crippen LogP) is 1.20. The van der Waals surface area contributed by atoms with Crippen molar-refractivity contribution in [2.45, 2.75) is 39.0 Å². The van der Waals surface area contributed by atoms with Crippen LogP contribution in [0.15, 0.2) is 18.2 Å². The Balaban J connectivity index is 1.93. The standard InChI is InChI=1S/C18H25F2N3O3/c1-12(2)26-8-6-21-17(24)10-16-18(25)22-5-7-23(16)11-13-3-4-14(19)15(20)9-13/h3-4,9,12,16H,5-8,10-11H2,1-2H3,(H,21,24)(H,22,25)/t16-/m0/s1. The van der Waals surface area contributed by atoms with E-state index in [0.717, 1.165) is 12.1 Å². The van der Waals surface area contributed by atoms with E-state index in [1.54, 1.807) is 4.90 Å². The Bertz CT molecular complexity index is 640. The number of halogens is 2. The zero-order valence-corrected chi connectivity index (χ0v) is 15.1. The zero-order valence-electron chi connectivity index (χ0n) is 15.1. The summed E-state index contributed by atoms with van der Waals surface area (Å²) in [5.41, 5.74) is 0.550. The number of carbonyl (C=O) groups excluding carboxylic acids is 2. The molecule has 8 heteroatoms. The highest BCUT2D eigenvalue weighted by Crippen LogP contribution is 2.16. The van der Waals surface area contributed by atoms with Gasteiger partial charge in [-0.05, 0) is 31.5 Å². The van der Waals surface area contributed by atoms with Gasteiger partial charge < -0.3 is 15.4 Å². The number of hydrogen-bond acceptors (Lipinski definition) is 4. The van der Waals surface area contributed by atoms with Crippen molar-refractivity contribution in [2.75, 3.05) is 26.2 Å². The van der Waals surface area contributed by atoms with Crippen LogP contribution in [0.5, 0.6) is 0 Å². The maximum absolute atomic E-state index is 13.4. The van der Waals surface area contributed by atoms with Crippen molar-refractivity contribution >= 4 is 11.8 Å². The molecule has 0 spiro atoms. The van der Waals surface area contributed by atoms with E-state index < -0.39 is 17.7 Å². The topological polar surface area (TPSA) is 70.7 Å². The average molecular weight is 369 g/mol. The molecule has 0 bridgehead atoms. The third kappa shape index (κ3) is 6.03. The zero-order chi connectivity index (χ0) is 19.1. The fraction of sp³-hybridized carbons (Fsp3) is 0.556. The molecule has 2 amide bonds. The van der Waals surface area contributed by atoms with Gasteiger partial charge in [-0.25, -0.2) is 8.78 Å². The molecule has 2 rings (SSSR count). The van der Waals surface area contributed by atoms with Gasteiger partial charge in [0.15, 0.2) is 11.6 Å². The van der Waals surface area contributed by atoms with Gasteiger partial charge in [-0.1, -0.05) is 6.07 Å². The van der Waals surface area contributed by atoms with Crippen molar-refractivity contribution in [1.82, 2.24) is 15.5 Å². The second kappa shape index (κ2) is 9.59. The normalized spacial score (nSPS) is 18.0. The van der Waals surface area contributed by atoms with E-state index in [4.69, 9.17) is 4.74 Å². The summed E-state index contributed by atoms with van der Waals surface area (Å²) in [4.78, 5) is 26.1. The van der Waals surface area contributed by atoms with Crippen molar-refractivity contribution in [3.8, 4) is 0 Å². The van der Waals surface area contributed by atoms with E-state index in [0.29, 0.717) is 31.8 Å². The molecule has 1 aromatic rings. The molecule has 1 fully saturated rings. The lowest BCUT2D eigenvalue weighted by atomic mass is 10.1. The smallest absolute Gasteiger partial charge is 0.237 e. The first-order chi connectivity index (χ1) is 12.4. The van der Waals surface area contributed by atoms with Gasteiger partial charge >= 0.3 is 0 Å². The Morgan fingerprint density at radius 3 is 2.85 bits per heavy atom. The number of benzene rings is 1. The van der Waals surface area contributed by atoms with E-state index in [9.17, 15) is 18.4 Å². The number of rotatable bonds is 8. The lowest BCUT2D eigenvalue weighted by Crippen LogP contribution is -2.56. The van der Waals surface area contributed by atoms with Crippen LogP contribution in [0.25, 0.3) is 0 Å². The summed E-state index contributed by atoms with van der Waals surface area (Å²) in [6, 6.07) is 3.00. The van der Waals surface area contributed by atoms with Gasteiger partial charge in [-0.15, -0.1) is 0 Å². The second-order valence-corrected chi connectivity index (χ2v) is 6.50. The molecule has 1 aliphatic rings. The van der Waals surface area contributed by atoms with Gasteiger partial charge in [-0.2, -0.15) is 0 Å². The van der Waals surface area contributed by atoms with E-state index in [2.05, 4.69) is 10.6 Å². The molecular formula is C18H25F2N3O3. The number of ether oxygens (including phenoxy) is 1. The van der Waals surface area contributed by atoms with Gasteiger partial charge in [0.25, 0.3) is 0 Å². The van der Waals surface area contributed by atoms with Gasteiger partial charge in [0, 0.05) is 26.2 Å². The number of nitrogens with zero attached hydrogens (tertiary/aromatic N) is 1. The Morgan fingerprint density at radius 1 is 1.38 bits per heavy atom. The molecule has 0 unspecified atom stereocenters. The van der Waals surface area contributed by atoms with Gasteiger partial charge in [0.1, 0.15) is 0 Å². The monoisotopic (exact) mass is 369 g/mol. The minimum absolute atomic E-state index is 0.00279. The van der Waals surface area contributed by atoms with Crippen LogP contribution in [0.4, 0.5) is 8.78 Å². The fourth-order valence-corrected chi connectivity index (χ4v) is 2.78. The molecule has 1 aliphatic heterocycles. The summed E-state index contributed by atoms with van der Waals surface area (Å²) >= 11 is 0. The highest BCUT2D eigenvalue weighted by atomic mass is 19.2. The number of piperazine rings is 1. The molecular weight excluding hydrogens is 344 g/mol. The first kappa shape index (κ1) is 20.3. The molecule has 0 saturated carbocycles. The summed E-state index contributed by atoms with van der Waals surface area (Å²) in [5, 5.41) is 5.46. The van der Waals surface area contributed by atoms with Crippen LogP contribution in [0.1, 0.15) is 25.8 Å². The van der Waals surface area contributed by atoms with Gasteiger partial charge in [0.05, 0.1) is 25.2 Å². The van der Waals surface area contributed by atoms with E-state index in [-0.39, 0.29) is 30.9 Å². The maximum Gasteiger partial charge on any atom is 0.237 e. The maximum atomic E-state index is 13.4. The van der Waals surface area contributed by atoms with Crippen molar-refractivity contribution < 1.29 is 23.1 Å². The molecule has 2 N–H and O–H groups in total. The fourth-order valence-electron chi connectivity index (χ4n) is 2.78. The Morgan fingerprint density at radius 2 is 2.15 bits per heavy atom. The number of carbonyl (C=O) groups is 2. The molecule has 144 valence electrons. The van der Waals surface area contributed by atoms with Crippen molar-refractivity contribution in [3.63, 3.8) is 0 Å². The SMILES string of the molecule is CC(C)OCCNC(=O)C[C@H]1C(=O)NCCN1Cc1ccc(F)c(F)c1. The average Bonchev–Trinajstić information content (AvgIpc) is 2.58. The molecule has 1 heterocycles.